The predicted molar refractivity (Wildman–Crippen MR) is 91.2 cm³/mol. The van der Waals surface area contributed by atoms with Gasteiger partial charge in [-0.1, -0.05) is 49.6 Å². The molecule has 1 aliphatic rings. The van der Waals surface area contributed by atoms with Crippen molar-refractivity contribution in [3.63, 3.8) is 0 Å². The molecule has 3 N–H and O–H groups in total. The Morgan fingerprint density at radius 2 is 1.88 bits per heavy atom. The molecule has 0 spiro atoms. The van der Waals surface area contributed by atoms with Gasteiger partial charge in [-0.05, 0) is 12.8 Å². The van der Waals surface area contributed by atoms with Gasteiger partial charge in [0, 0.05) is 17.8 Å². The second-order valence-electron chi connectivity index (χ2n) is 6.22. The first-order valence-electron chi connectivity index (χ1n) is 8.35. The highest BCUT2D eigenvalue weighted by molar-refractivity contribution is 5.98. The number of carbonyl (C=O) groups excluding carboxylic acids is 2. The number of nitrogens with zero attached hydrogens (tertiary/aromatic N) is 2. The lowest BCUT2D eigenvalue weighted by atomic mass is 9.95. The topological polar surface area (TPSA) is 90.0 Å². The Hall–Kier alpha value is -2.63. The second kappa shape index (κ2) is 7.29. The number of amides is 2. The summed E-state index contributed by atoms with van der Waals surface area (Å²) < 4.78 is 1.49. The van der Waals surface area contributed by atoms with Gasteiger partial charge in [0.25, 0.3) is 5.91 Å². The molecule has 24 heavy (non-hydrogen) atoms. The number of carbonyl (C=O) groups is 2. The van der Waals surface area contributed by atoms with Gasteiger partial charge in [-0.2, -0.15) is 5.10 Å². The van der Waals surface area contributed by atoms with Crippen molar-refractivity contribution in [2.75, 3.05) is 0 Å². The van der Waals surface area contributed by atoms with Crippen LogP contribution in [0.25, 0.3) is 11.3 Å². The van der Waals surface area contributed by atoms with Crippen LogP contribution in [0.2, 0.25) is 0 Å². The number of primary amides is 1. The van der Waals surface area contributed by atoms with E-state index in [2.05, 4.69) is 10.4 Å². The lowest BCUT2D eigenvalue weighted by Crippen LogP contribution is -2.38. The van der Waals surface area contributed by atoms with Crippen molar-refractivity contribution < 1.29 is 9.59 Å². The Balaban J connectivity index is 1.74. The molecule has 0 aliphatic heterocycles. The molecular formula is C18H22N4O2. The maximum absolute atomic E-state index is 12.2. The SMILES string of the molecule is NC(=O)c1cn(CC(=O)NC2CCCCC2)nc1-c1ccccc1. The Kier molecular flexibility index (Phi) is 4.93. The number of hydrogen-bond acceptors (Lipinski definition) is 3. The number of benzene rings is 1. The minimum atomic E-state index is -0.548. The average molecular weight is 326 g/mol. The fraction of sp³-hybridized carbons (Fsp3) is 0.389. The van der Waals surface area contributed by atoms with Crippen molar-refractivity contribution in [1.29, 1.82) is 0 Å². The van der Waals surface area contributed by atoms with Crippen molar-refractivity contribution >= 4 is 11.8 Å². The van der Waals surface area contributed by atoms with Crippen LogP contribution in [0.5, 0.6) is 0 Å². The molecule has 1 saturated carbocycles. The van der Waals surface area contributed by atoms with E-state index in [4.69, 9.17) is 5.73 Å². The van der Waals surface area contributed by atoms with Crippen LogP contribution in [0.1, 0.15) is 42.5 Å². The van der Waals surface area contributed by atoms with Crippen molar-refractivity contribution in [2.24, 2.45) is 5.73 Å². The van der Waals surface area contributed by atoms with Crippen molar-refractivity contribution in [3.8, 4) is 11.3 Å². The molecule has 2 aromatic rings. The first-order chi connectivity index (χ1) is 11.6. The smallest absolute Gasteiger partial charge is 0.252 e. The van der Waals surface area contributed by atoms with Crippen molar-refractivity contribution in [2.45, 2.75) is 44.7 Å². The molecule has 0 unspecified atom stereocenters. The Morgan fingerprint density at radius 3 is 2.54 bits per heavy atom. The summed E-state index contributed by atoms with van der Waals surface area (Å²) in [6, 6.07) is 9.61. The quantitative estimate of drug-likeness (QED) is 0.881. The molecule has 6 heteroatoms. The summed E-state index contributed by atoms with van der Waals surface area (Å²) >= 11 is 0. The van der Waals surface area contributed by atoms with Gasteiger partial charge in [0.1, 0.15) is 12.2 Å². The summed E-state index contributed by atoms with van der Waals surface area (Å²) in [5.41, 5.74) is 7.09. The largest absolute Gasteiger partial charge is 0.365 e. The van der Waals surface area contributed by atoms with E-state index in [-0.39, 0.29) is 18.5 Å². The molecule has 126 valence electrons. The first-order valence-corrected chi connectivity index (χ1v) is 8.35. The van der Waals surface area contributed by atoms with Gasteiger partial charge >= 0.3 is 0 Å². The van der Waals surface area contributed by atoms with Crippen LogP contribution in [0.3, 0.4) is 0 Å². The van der Waals surface area contributed by atoms with Crippen LogP contribution >= 0.6 is 0 Å². The highest BCUT2D eigenvalue weighted by Gasteiger charge is 2.19. The van der Waals surface area contributed by atoms with E-state index in [1.165, 1.54) is 11.1 Å². The summed E-state index contributed by atoms with van der Waals surface area (Å²) in [7, 11) is 0. The summed E-state index contributed by atoms with van der Waals surface area (Å²) in [5, 5.41) is 7.44. The van der Waals surface area contributed by atoms with Crippen LogP contribution < -0.4 is 11.1 Å². The number of aromatic nitrogens is 2. The molecular weight excluding hydrogens is 304 g/mol. The average Bonchev–Trinajstić information content (AvgIpc) is 3.00. The van der Waals surface area contributed by atoms with E-state index in [0.717, 1.165) is 31.2 Å². The molecule has 1 heterocycles. The highest BCUT2D eigenvalue weighted by Crippen LogP contribution is 2.21. The molecule has 1 aliphatic carbocycles. The Labute approximate surface area is 141 Å². The number of hydrogen-bond donors (Lipinski definition) is 2. The fourth-order valence-electron chi connectivity index (χ4n) is 3.16. The molecule has 0 saturated heterocycles. The molecule has 3 rings (SSSR count). The van der Waals surface area contributed by atoms with Gasteiger partial charge in [0.15, 0.2) is 0 Å². The lowest BCUT2D eigenvalue weighted by molar-refractivity contribution is -0.122. The van der Waals surface area contributed by atoms with Crippen LogP contribution in [-0.2, 0) is 11.3 Å². The van der Waals surface area contributed by atoms with Gasteiger partial charge in [-0.25, -0.2) is 0 Å². The third-order valence-electron chi connectivity index (χ3n) is 4.35. The van der Waals surface area contributed by atoms with Gasteiger partial charge in [-0.15, -0.1) is 0 Å². The fourth-order valence-corrected chi connectivity index (χ4v) is 3.16. The Bertz CT molecular complexity index is 718. The van der Waals surface area contributed by atoms with Gasteiger partial charge in [-0.3, -0.25) is 14.3 Å². The number of nitrogens with two attached hydrogens (primary N) is 1. The standard InChI is InChI=1S/C18H22N4O2/c19-18(24)15-11-22(21-17(15)13-7-3-1-4-8-13)12-16(23)20-14-9-5-2-6-10-14/h1,3-4,7-8,11,14H,2,5-6,9-10,12H2,(H2,19,24)(H,20,23). The monoisotopic (exact) mass is 326 g/mol. The zero-order chi connectivity index (χ0) is 16.9. The molecule has 0 bridgehead atoms. The van der Waals surface area contributed by atoms with Gasteiger partial charge in [0.2, 0.25) is 5.91 Å². The summed E-state index contributed by atoms with van der Waals surface area (Å²) in [5.74, 6) is -0.632. The molecule has 0 atom stereocenters. The van der Waals surface area contributed by atoms with Crippen LogP contribution in [-0.4, -0.2) is 27.6 Å². The zero-order valence-corrected chi connectivity index (χ0v) is 13.6. The van der Waals surface area contributed by atoms with Crippen LogP contribution in [0.4, 0.5) is 0 Å². The Morgan fingerprint density at radius 1 is 1.17 bits per heavy atom. The second-order valence-corrected chi connectivity index (χ2v) is 6.22. The summed E-state index contributed by atoms with van der Waals surface area (Å²) in [4.78, 5) is 23.9. The minimum Gasteiger partial charge on any atom is -0.365 e. The number of nitrogens with one attached hydrogen (secondary N) is 1. The predicted octanol–water partition coefficient (Wildman–Crippen LogP) is 2.10. The molecule has 1 fully saturated rings. The highest BCUT2D eigenvalue weighted by atomic mass is 16.2. The van der Waals surface area contributed by atoms with Crippen LogP contribution in [0.15, 0.2) is 36.5 Å². The molecule has 1 aromatic heterocycles. The number of rotatable bonds is 5. The maximum Gasteiger partial charge on any atom is 0.252 e. The lowest BCUT2D eigenvalue weighted by Gasteiger charge is -2.22. The third-order valence-corrected chi connectivity index (χ3v) is 4.35. The van der Waals surface area contributed by atoms with E-state index >= 15 is 0 Å². The molecule has 2 amide bonds. The minimum absolute atomic E-state index is 0.0833. The van der Waals surface area contributed by atoms with Gasteiger partial charge < -0.3 is 11.1 Å². The zero-order valence-electron chi connectivity index (χ0n) is 13.6. The molecule has 0 radical (unpaired) electrons. The summed E-state index contributed by atoms with van der Waals surface area (Å²) in [6.07, 6.45) is 7.19. The molecule has 6 nitrogen and oxygen atoms in total. The van der Waals surface area contributed by atoms with Gasteiger partial charge in [0.05, 0.1) is 5.56 Å². The summed E-state index contributed by atoms with van der Waals surface area (Å²) in [6.45, 7) is 0.0869. The maximum atomic E-state index is 12.2. The van der Waals surface area contributed by atoms with Crippen molar-refractivity contribution in [3.05, 3.63) is 42.1 Å². The third kappa shape index (κ3) is 3.82. The molecule has 1 aromatic carbocycles. The van der Waals surface area contributed by atoms with E-state index in [1.54, 1.807) is 6.20 Å². The van der Waals surface area contributed by atoms with E-state index < -0.39 is 5.91 Å². The van der Waals surface area contributed by atoms with E-state index in [9.17, 15) is 9.59 Å². The normalized spacial score (nSPS) is 15.2. The van der Waals surface area contributed by atoms with Crippen LogP contribution in [0, 0.1) is 0 Å². The first kappa shape index (κ1) is 16.2. The van der Waals surface area contributed by atoms with Crippen molar-refractivity contribution in [1.82, 2.24) is 15.1 Å². The van der Waals surface area contributed by atoms with E-state index in [1.807, 2.05) is 30.3 Å². The van der Waals surface area contributed by atoms with E-state index in [0.29, 0.717) is 11.3 Å².